The molecule has 0 amide bonds. The van der Waals surface area contributed by atoms with Crippen molar-refractivity contribution in [2.45, 2.75) is 25.9 Å². The molecule has 2 heterocycles. The Bertz CT molecular complexity index is 543. The first-order valence-electron chi connectivity index (χ1n) is 6.04. The third-order valence-corrected chi connectivity index (χ3v) is 3.97. The molecule has 0 saturated carbocycles. The van der Waals surface area contributed by atoms with Gasteiger partial charge in [0.05, 0.1) is 5.69 Å². The minimum Gasteiger partial charge on any atom is -0.383 e. The molecule has 102 valence electrons. The van der Waals surface area contributed by atoms with E-state index < -0.39 is 11.4 Å². The first kappa shape index (κ1) is 13.9. The Balaban J connectivity index is 2.11. The lowest BCUT2D eigenvalue weighted by atomic mass is 10.1. The molecule has 19 heavy (non-hydrogen) atoms. The number of halogens is 1. The molecular formula is C13H16FN3OS. The Kier molecular flexibility index (Phi) is 4.11. The van der Waals surface area contributed by atoms with Crippen LogP contribution in [0.25, 0.3) is 0 Å². The van der Waals surface area contributed by atoms with Crippen LogP contribution in [0, 0.1) is 5.82 Å². The molecule has 4 nitrogen and oxygen atoms in total. The largest absolute Gasteiger partial charge is 0.383 e. The van der Waals surface area contributed by atoms with Crippen LogP contribution >= 0.6 is 11.3 Å². The van der Waals surface area contributed by atoms with E-state index in [9.17, 15) is 9.50 Å². The number of rotatable bonds is 5. The predicted molar refractivity (Wildman–Crippen MR) is 73.7 cm³/mol. The summed E-state index contributed by atoms with van der Waals surface area (Å²) < 4.78 is 13.9. The van der Waals surface area contributed by atoms with Gasteiger partial charge < -0.3 is 10.4 Å². The Labute approximate surface area is 115 Å². The molecular weight excluding hydrogens is 265 g/mol. The summed E-state index contributed by atoms with van der Waals surface area (Å²) in [7, 11) is 0. The molecule has 0 unspecified atom stereocenters. The van der Waals surface area contributed by atoms with Crippen molar-refractivity contribution in [3.63, 3.8) is 0 Å². The molecule has 0 fully saturated rings. The van der Waals surface area contributed by atoms with E-state index in [-0.39, 0.29) is 12.4 Å². The van der Waals surface area contributed by atoms with E-state index >= 15 is 0 Å². The van der Waals surface area contributed by atoms with Gasteiger partial charge in [-0.25, -0.2) is 14.4 Å². The van der Waals surface area contributed by atoms with Gasteiger partial charge in [0.1, 0.15) is 11.9 Å². The fraction of sp³-hybridized carbons (Fsp3) is 0.385. The van der Waals surface area contributed by atoms with Crippen molar-refractivity contribution in [1.29, 1.82) is 0 Å². The second kappa shape index (κ2) is 5.63. The van der Waals surface area contributed by atoms with Crippen molar-refractivity contribution in [3.05, 3.63) is 40.2 Å². The second-order valence-corrected chi connectivity index (χ2v) is 5.39. The van der Waals surface area contributed by atoms with Gasteiger partial charge in [-0.15, -0.1) is 11.3 Å². The highest BCUT2D eigenvalue weighted by Gasteiger charge is 2.24. The fourth-order valence-electron chi connectivity index (χ4n) is 1.70. The van der Waals surface area contributed by atoms with Crippen LogP contribution in [0.1, 0.15) is 24.4 Å². The van der Waals surface area contributed by atoms with Gasteiger partial charge >= 0.3 is 0 Å². The summed E-state index contributed by atoms with van der Waals surface area (Å²) in [6.45, 7) is 3.70. The number of hydrogen-bond donors (Lipinski definition) is 2. The van der Waals surface area contributed by atoms with Crippen LogP contribution in [0.4, 0.5) is 10.2 Å². The Morgan fingerprint density at radius 3 is 2.89 bits per heavy atom. The molecule has 0 aliphatic heterocycles. The molecule has 0 bridgehead atoms. The van der Waals surface area contributed by atoms with Crippen LogP contribution in [0.3, 0.4) is 0 Å². The average molecular weight is 281 g/mol. The van der Waals surface area contributed by atoms with Crippen molar-refractivity contribution in [3.8, 4) is 0 Å². The van der Waals surface area contributed by atoms with Crippen LogP contribution in [0.2, 0.25) is 0 Å². The van der Waals surface area contributed by atoms with E-state index in [1.807, 2.05) is 24.4 Å². The van der Waals surface area contributed by atoms with Crippen molar-refractivity contribution in [1.82, 2.24) is 9.97 Å². The summed E-state index contributed by atoms with van der Waals surface area (Å²) in [5.74, 6) is -0.323. The van der Waals surface area contributed by atoms with Gasteiger partial charge in [-0.2, -0.15) is 0 Å². The summed E-state index contributed by atoms with van der Waals surface area (Å²) >= 11 is 1.46. The molecule has 0 aliphatic carbocycles. The van der Waals surface area contributed by atoms with Gasteiger partial charge in [0.15, 0.2) is 11.6 Å². The molecule has 2 rings (SSSR count). The van der Waals surface area contributed by atoms with Crippen molar-refractivity contribution < 1.29 is 9.50 Å². The number of anilines is 1. The maximum absolute atomic E-state index is 13.9. The van der Waals surface area contributed by atoms with E-state index in [0.717, 1.165) is 4.88 Å². The quantitative estimate of drug-likeness (QED) is 0.884. The van der Waals surface area contributed by atoms with Crippen molar-refractivity contribution >= 4 is 17.2 Å². The first-order chi connectivity index (χ1) is 9.04. The zero-order valence-corrected chi connectivity index (χ0v) is 11.7. The van der Waals surface area contributed by atoms with Gasteiger partial charge in [0.25, 0.3) is 0 Å². The van der Waals surface area contributed by atoms with E-state index in [4.69, 9.17) is 0 Å². The van der Waals surface area contributed by atoms with Gasteiger partial charge in [0.2, 0.25) is 0 Å². The molecule has 2 N–H and O–H groups in total. The summed E-state index contributed by atoms with van der Waals surface area (Å²) in [5, 5.41) is 15.1. The lowest BCUT2D eigenvalue weighted by molar-refractivity contribution is 0.0752. The molecule has 2 aromatic rings. The van der Waals surface area contributed by atoms with Gasteiger partial charge in [-0.1, -0.05) is 13.0 Å². The molecule has 6 heteroatoms. The van der Waals surface area contributed by atoms with Gasteiger partial charge in [-0.3, -0.25) is 0 Å². The third kappa shape index (κ3) is 3.08. The third-order valence-electron chi connectivity index (χ3n) is 2.85. The van der Waals surface area contributed by atoms with E-state index in [1.54, 1.807) is 6.92 Å². The lowest BCUT2D eigenvalue weighted by Gasteiger charge is -2.22. The molecule has 0 aromatic carbocycles. The molecule has 0 saturated heterocycles. The molecule has 0 aliphatic rings. The summed E-state index contributed by atoms with van der Waals surface area (Å²) in [5.41, 5.74) is -0.689. The van der Waals surface area contributed by atoms with Crippen LogP contribution in [-0.4, -0.2) is 21.6 Å². The zero-order chi connectivity index (χ0) is 13.9. The van der Waals surface area contributed by atoms with E-state index in [1.165, 1.54) is 17.7 Å². The summed E-state index contributed by atoms with van der Waals surface area (Å²) in [4.78, 5) is 8.56. The number of aliphatic hydroxyl groups is 1. The molecule has 2 aromatic heterocycles. The normalized spacial score (nSPS) is 14.1. The van der Waals surface area contributed by atoms with Gasteiger partial charge in [0, 0.05) is 11.4 Å². The highest BCUT2D eigenvalue weighted by atomic mass is 32.1. The van der Waals surface area contributed by atoms with Crippen LogP contribution < -0.4 is 5.32 Å². The minimum atomic E-state index is -1.06. The van der Waals surface area contributed by atoms with Gasteiger partial charge in [-0.05, 0) is 24.8 Å². The Hall–Kier alpha value is -1.53. The zero-order valence-electron chi connectivity index (χ0n) is 10.9. The summed E-state index contributed by atoms with van der Waals surface area (Å²) in [6.07, 6.45) is 1.83. The summed E-state index contributed by atoms with van der Waals surface area (Å²) in [6, 6.07) is 3.72. The maximum atomic E-state index is 13.9. The fourth-order valence-corrected chi connectivity index (χ4v) is 2.49. The average Bonchev–Trinajstić information content (AvgIpc) is 2.92. The predicted octanol–water partition coefficient (Wildman–Crippen LogP) is 2.56. The number of hydrogen-bond acceptors (Lipinski definition) is 5. The maximum Gasteiger partial charge on any atom is 0.186 e. The van der Waals surface area contributed by atoms with E-state index in [0.29, 0.717) is 12.1 Å². The number of aromatic nitrogens is 2. The highest BCUT2D eigenvalue weighted by molar-refractivity contribution is 7.10. The Morgan fingerprint density at radius 2 is 2.26 bits per heavy atom. The first-order valence-corrected chi connectivity index (χ1v) is 6.92. The molecule has 0 spiro atoms. The lowest BCUT2D eigenvalue weighted by Crippen LogP contribution is -2.30. The second-order valence-electron chi connectivity index (χ2n) is 4.44. The standard InChI is InChI=1S/C13H16FN3OS/c1-3-9-11(14)12(17-8-16-9)15-7-13(2,18)10-5-4-6-19-10/h4-6,8,18H,3,7H2,1-2H3,(H,15,16,17)/t13-/m1/s1. The highest BCUT2D eigenvalue weighted by Crippen LogP contribution is 2.26. The number of aryl methyl sites for hydroxylation is 1. The van der Waals surface area contributed by atoms with Crippen LogP contribution in [-0.2, 0) is 12.0 Å². The molecule has 1 atom stereocenters. The Morgan fingerprint density at radius 1 is 1.47 bits per heavy atom. The smallest absolute Gasteiger partial charge is 0.186 e. The minimum absolute atomic E-state index is 0.128. The SMILES string of the molecule is CCc1ncnc(NC[C@@](C)(O)c2cccs2)c1F. The topological polar surface area (TPSA) is 58.0 Å². The van der Waals surface area contributed by atoms with E-state index in [2.05, 4.69) is 15.3 Å². The number of thiophene rings is 1. The number of nitrogens with zero attached hydrogens (tertiary/aromatic N) is 2. The number of nitrogens with one attached hydrogen (secondary N) is 1. The molecule has 0 radical (unpaired) electrons. The van der Waals surface area contributed by atoms with Crippen LogP contribution in [0.15, 0.2) is 23.8 Å². The monoisotopic (exact) mass is 281 g/mol. The van der Waals surface area contributed by atoms with Crippen molar-refractivity contribution in [2.24, 2.45) is 0 Å². The van der Waals surface area contributed by atoms with Crippen molar-refractivity contribution in [2.75, 3.05) is 11.9 Å². The van der Waals surface area contributed by atoms with Crippen LogP contribution in [0.5, 0.6) is 0 Å².